The Morgan fingerprint density at radius 2 is 1.63 bits per heavy atom. The molecule has 10 heteroatoms. The molecule has 1 aromatic carbocycles. The number of pyridine rings is 1. The summed E-state index contributed by atoms with van der Waals surface area (Å²) in [5, 5.41) is 11.1. The third kappa shape index (κ3) is 3.63. The van der Waals surface area contributed by atoms with Gasteiger partial charge in [0.1, 0.15) is 0 Å². The highest BCUT2D eigenvalue weighted by Gasteiger charge is 2.24. The molecule has 1 N–H and O–H groups in total. The average molecular weight is 473 g/mol. The van der Waals surface area contributed by atoms with Gasteiger partial charge >= 0.3 is 5.69 Å². The molecule has 5 aromatic rings. The molecule has 178 valence electrons. The zero-order valence-corrected chi connectivity index (χ0v) is 19.4. The Bertz CT molecular complexity index is 1730. The molecule has 0 bridgehead atoms. The summed E-state index contributed by atoms with van der Waals surface area (Å²) in [6, 6.07) is 13.0. The number of nitrogens with zero attached hydrogens (tertiary/aromatic N) is 6. The Morgan fingerprint density at radius 3 is 2.31 bits per heavy atom. The zero-order chi connectivity index (χ0) is 24.7. The minimum Gasteiger partial charge on any atom is -0.494 e. The van der Waals surface area contributed by atoms with E-state index in [1.165, 1.54) is 20.6 Å². The van der Waals surface area contributed by atoms with E-state index in [1.807, 2.05) is 43.3 Å². The smallest absolute Gasteiger partial charge is 0.332 e. The molecule has 5 rings (SSSR count). The summed E-state index contributed by atoms with van der Waals surface area (Å²) in [4.78, 5) is 48.6. The number of imidazole rings is 1. The predicted molar refractivity (Wildman–Crippen MR) is 131 cm³/mol. The van der Waals surface area contributed by atoms with Crippen molar-refractivity contribution in [3.05, 3.63) is 103 Å². The first kappa shape index (κ1) is 22.3. The van der Waals surface area contributed by atoms with Gasteiger partial charge in [0.05, 0.1) is 18.7 Å². The van der Waals surface area contributed by atoms with Crippen molar-refractivity contribution in [2.24, 2.45) is 7.05 Å². The largest absolute Gasteiger partial charge is 0.494 e. The van der Waals surface area contributed by atoms with Crippen LogP contribution in [0.1, 0.15) is 30.0 Å². The third-order valence-corrected chi connectivity index (χ3v) is 6.10. The van der Waals surface area contributed by atoms with E-state index in [-0.39, 0.29) is 41.5 Å². The standard InChI is InChI=1S/C25H24N6O4/c1-3-8-18-21(32)30(14-16-9-5-4-6-10-16)24-27-20-19(31(24)22(18)33)23(34)28(2)25(35)29(20)15-17-11-7-12-26-13-17/h4-7,9-13,32H,3,8,14-15H2,1-2H3. The van der Waals surface area contributed by atoms with Crippen LogP contribution in [0.5, 0.6) is 5.88 Å². The minimum atomic E-state index is -0.628. The fourth-order valence-electron chi connectivity index (χ4n) is 4.35. The van der Waals surface area contributed by atoms with E-state index in [9.17, 15) is 19.5 Å². The van der Waals surface area contributed by atoms with E-state index < -0.39 is 16.8 Å². The van der Waals surface area contributed by atoms with Crippen molar-refractivity contribution in [2.45, 2.75) is 32.9 Å². The summed E-state index contributed by atoms with van der Waals surface area (Å²) in [6.45, 7) is 2.24. The fourth-order valence-corrected chi connectivity index (χ4v) is 4.35. The number of fused-ring (bicyclic) bond motifs is 3. The maximum absolute atomic E-state index is 13.5. The van der Waals surface area contributed by atoms with Crippen molar-refractivity contribution in [3.63, 3.8) is 0 Å². The lowest BCUT2D eigenvalue weighted by Crippen LogP contribution is -2.39. The van der Waals surface area contributed by atoms with E-state index in [1.54, 1.807) is 18.5 Å². The first-order valence-electron chi connectivity index (χ1n) is 11.3. The molecule has 0 radical (unpaired) electrons. The second kappa shape index (κ2) is 8.71. The van der Waals surface area contributed by atoms with Crippen molar-refractivity contribution < 1.29 is 5.11 Å². The van der Waals surface area contributed by atoms with E-state index >= 15 is 0 Å². The maximum Gasteiger partial charge on any atom is 0.332 e. The molecule has 0 amide bonds. The normalized spacial score (nSPS) is 11.5. The van der Waals surface area contributed by atoms with Crippen LogP contribution in [0.2, 0.25) is 0 Å². The van der Waals surface area contributed by atoms with Crippen LogP contribution >= 0.6 is 0 Å². The van der Waals surface area contributed by atoms with Crippen molar-refractivity contribution in [1.82, 2.24) is 28.1 Å². The third-order valence-electron chi connectivity index (χ3n) is 6.10. The molecule has 4 heterocycles. The Balaban J connectivity index is 1.91. The van der Waals surface area contributed by atoms with Gasteiger partial charge in [-0.2, -0.15) is 4.98 Å². The topological polar surface area (TPSA) is 116 Å². The second-order valence-electron chi connectivity index (χ2n) is 8.44. The number of hydrogen-bond acceptors (Lipinski definition) is 6. The molecule has 10 nitrogen and oxygen atoms in total. The first-order chi connectivity index (χ1) is 16.9. The van der Waals surface area contributed by atoms with Crippen molar-refractivity contribution in [3.8, 4) is 5.88 Å². The Labute approximate surface area is 199 Å². The van der Waals surface area contributed by atoms with Crippen molar-refractivity contribution in [2.75, 3.05) is 0 Å². The molecule has 0 saturated heterocycles. The summed E-state index contributed by atoms with van der Waals surface area (Å²) in [6.07, 6.45) is 4.20. The van der Waals surface area contributed by atoms with Crippen LogP contribution < -0.4 is 16.8 Å². The Morgan fingerprint density at radius 1 is 0.914 bits per heavy atom. The summed E-state index contributed by atoms with van der Waals surface area (Å²) in [5.41, 5.74) is 0.177. The molecule has 0 atom stereocenters. The summed E-state index contributed by atoms with van der Waals surface area (Å²) < 4.78 is 5.06. The van der Waals surface area contributed by atoms with E-state index in [2.05, 4.69) is 9.97 Å². The highest BCUT2D eigenvalue weighted by atomic mass is 16.3. The lowest BCUT2D eigenvalue weighted by Gasteiger charge is -2.14. The van der Waals surface area contributed by atoms with Crippen LogP contribution in [0, 0.1) is 0 Å². The van der Waals surface area contributed by atoms with Gasteiger partial charge in [-0.1, -0.05) is 49.7 Å². The lowest BCUT2D eigenvalue weighted by atomic mass is 10.1. The summed E-state index contributed by atoms with van der Waals surface area (Å²) in [7, 11) is 1.37. The van der Waals surface area contributed by atoms with Crippen LogP contribution in [-0.4, -0.2) is 33.2 Å². The Kier molecular flexibility index (Phi) is 5.56. The molecular weight excluding hydrogens is 448 g/mol. The molecule has 0 unspecified atom stereocenters. The average Bonchev–Trinajstić information content (AvgIpc) is 3.27. The number of aromatic nitrogens is 6. The number of hydrogen-bond donors (Lipinski definition) is 1. The first-order valence-corrected chi connectivity index (χ1v) is 11.3. The van der Waals surface area contributed by atoms with Crippen LogP contribution in [0.15, 0.2) is 69.2 Å². The van der Waals surface area contributed by atoms with Crippen molar-refractivity contribution >= 4 is 16.9 Å². The molecule has 0 saturated carbocycles. The predicted octanol–water partition coefficient (Wildman–Crippen LogP) is 1.66. The molecule has 0 aliphatic heterocycles. The molecule has 4 aromatic heterocycles. The summed E-state index contributed by atoms with van der Waals surface area (Å²) >= 11 is 0. The van der Waals surface area contributed by atoms with Crippen LogP contribution in [-0.2, 0) is 26.6 Å². The van der Waals surface area contributed by atoms with Gasteiger partial charge in [0, 0.05) is 19.4 Å². The number of benzene rings is 1. The van der Waals surface area contributed by atoms with E-state index in [4.69, 9.17) is 0 Å². The molecule has 0 aliphatic rings. The van der Waals surface area contributed by atoms with Crippen LogP contribution in [0.25, 0.3) is 16.9 Å². The van der Waals surface area contributed by atoms with Gasteiger partial charge in [0.15, 0.2) is 11.2 Å². The SMILES string of the molecule is CCCc1c(O)n(Cc2ccccc2)c2nc3c(c(=O)n(C)c(=O)n3Cc3cccnc3)n2c1=O. The minimum absolute atomic E-state index is 0.00449. The lowest BCUT2D eigenvalue weighted by molar-refractivity contribution is 0.411. The van der Waals surface area contributed by atoms with Crippen LogP contribution in [0.3, 0.4) is 0 Å². The van der Waals surface area contributed by atoms with Gasteiger partial charge in [-0.15, -0.1) is 0 Å². The van der Waals surface area contributed by atoms with Gasteiger partial charge in [0.2, 0.25) is 11.7 Å². The quantitative estimate of drug-likeness (QED) is 0.402. The van der Waals surface area contributed by atoms with Gasteiger partial charge in [-0.3, -0.25) is 28.3 Å². The zero-order valence-electron chi connectivity index (χ0n) is 19.4. The highest BCUT2D eigenvalue weighted by Crippen LogP contribution is 2.22. The van der Waals surface area contributed by atoms with E-state index in [0.717, 1.165) is 15.7 Å². The van der Waals surface area contributed by atoms with Gasteiger partial charge in [-0.25, -0.2) is 9.20 Å². The summed E-state index contributed by atoms with van der Waals surface area (Å²) in [5.74, 6) is -0.102. The van der Waals surface area contributed by atoms with Gasteiger partial charge in [-0.05, 0) is 23.6 Å². The maximum atomic E-state index is 13.5. The van der Waals surface area contributed by atoms with Gasteiger partial charge in [0.25, 0.3) is 11.1 Å². The number of aromatic hydroxyl groups is 1. The van der Waals surface area contributed by atoms with E-state index in [0.29, 0.717) is 12.8 Å². The molecule has 0 aliphatic carbocycles. The highest BCUT2D eigenvalue weighted by molar-refractivity contribution is 5.76. The van der Waals surface area contributed by atoms with Crippen LogP contribution in [0.4, 0.5) is 0 Å². The molecular formula is C25H24N6O4. The second-order valence-corrected chi connectivity index (χ2v) is 8.44. The monoisotopic (exact) mass is 472 g/mol. The molecule has 0 fully saturated rings. The van der Waals surface area contributed by atoms with Crippen molar-refractivity contribution in [1.29, 1.82) is 0 Å². The molecule has 35 heavy (non-hydrogen) atoms. The fraction of sp³-hybridized carbons (Fsp3) is 0.240. The van der Waals surface area contributed by atoms with Gasteiger partial charge < -0.3 is 5.11 Å². The Hall–Kier alpha value is -4.47. The molecule has 0 spiro atoms. The number of rotatable bonds is 6.